The molecule has 1 atom stereocenters. The molecular weight excluding hydrogens is 339 g/mol. The highest BCUT2D eigenvalue weighted by molar-refractivity contribution is 5.72. The molecule has 0 saturated carbocycles. The standard InChI is InChI=1S/C19H25FN2O4/c1-13-8-14(2-3-16(13)20)9-22-10-15(18(25)26)19(12-22)4-6-21(7-5-19)11-17(23)24/h2-3,8,15H,4-7,9-12H2,1H3,(H,23,24)(H,25,26). The molecule has 0 amide bonds. The van der Waals surface area contributed by atoms with Crippen LogP contribution in [0.3, 0.4) is 0 Å². The van der Waals surface area contributed by atoms with Crippen molar-refractivity contribution < 1.29 is 24.2 Å². The number of rotatable bonds is 5. The van der Waals surface area contributed by atoms with Gasteiger partial charge in [0, 0.05) is 25.0 Å². The predicted molar refractivity (Wildman–Crippen MR) is 93.3 cm³/mol. The maximum Gasteiger partial charge on any atom is 0.317 e. The fourth-order valence-electron chi connectivity index (χ4n) is 4.45. The van der Waals surface area contributed by atoms with E-state index in [1.165, 1.54) is 6.07 Å². The molecule has 0 aliphatic carbocycles. The van der Waals surface area contributed by atoms with Crippen molar-refractivity contribution in [2.45, 2.75) is 26.3 Å². The van der Waals surface area contributed by atoms with Gasteiger partial charge in [-0.25, -0.2) is 4.39 Å². The van der Waals surface area contributed by atoms with E-state index in [9.17, 15) is 19.1 Å². The molecule has 2 fully saturated rings. The molecule has 6 nitrogen and oxygen atoms in total. The Kier molecular flexibility index (Phi) is 5.29. The van der Waals surface area contributed by atoms with Gasteiger partial charge in [0.2, 0.25) is 0 Å². The van der Waals surface area contributed by atoms with Crippen LogP contribution in [-0.4, -0.2) is 64.7 Å². The number of aliphatic carboxylic acids is 2. The number of carboxylic acids is 2. The maximum absolute atomic E-state index is 13.5. The highest BCUT2D eigenvalue weighted by Gasteiger charge is 2.51. The van der Waals surface area contributed by atoms with E-state index in [4.69, 9.17) is 5.11 Å². The van der Waals surface area contributed by atoms with Crippen molar-refractivity contribution in [2.24, 2.45) is 11.3 Å². The number of hydrogen-bond acceptors (Lipinski definition) is 4. The van der Waals surface area contributed by atoms with Crippen LogP contribution in [0, 0.1) is 24.1 Å². The second-order valence-electron chi connectivity index (χ2n) is 7.68. The van der Waals surface area contributed by atoms with Crippen molar-refractivity contribution in [3.8, 4) is 0 Å². The van der Waals surface area contributed by atoms with Crippen LogP contribution in [0.5, 0.6) is 0 Å². The lowest BCUT2D eigenvalue weighted by molar-refractivity contribution is -0.147. The molecule has 2 N–H and O–H groups in total. The minimum Gasteiger partial charge on any atom is -0.481 e. The van der Waals surface area contributed by atoms with E-state index in [1.807, 2.05) is 11.0 Å². The van der Waals surface area contributed by atoms with Crippen LogP contribution in [0.2, 0.25) is 0 Å². The van der Waals surface area contributed by atoms with Crippen molar-refractivity contribution in [1.29, 1.82) is 0 Å². The highest BCUT2D eigenvalue weighted by atomic mass is 19.1. The van der Waals surface area contributed by atoms with Crippen LogP contribution in [-0.2, 0) is 16.1 Å². The van der Waals surface area contributed by atoms with E-state index >= 15 is 0 Å². The Balaban J connectivity index is 1.69. The van der Waals surface area contributed by atoms with Crippen molar-refractivity contribution in [2.75, 3.05) is 32.7 Å². The molecule has 1 spiro atoms. The molecule has 2 saturated heterocycles. The predicted octanol–water partition coefficient (Wildman–Crippen LogP) is 1.82. The molecule has 3 rings (SSSR count). The number of benzene rings is 1. The lowest BCUT2D eigenvalue weighted by Gasteiger charge is -2.41. The van der Waals surface area contributed by atoms with Gasteiger partial charge < -0.3 is 10.2 Å². The van der Waals surface area contributed by atoms with Gasteiger partial charge in [0.1, 0.15) is 5.82 Å². The fraction of sp³-hybridized carbons (Fsp3) is 0.579. The number of carbonyl (C=O) groups is 2. The fourth-order valence-corrected chi connectivity index (χ4v) is 4.45. The number of halogens is 1. The van der Waals surface area contributed by atoms with Crippen molar-refractivity contribution >= 4 is 11.9 Å². The summed E-state index contributed by atoms with van der Waals surface area (Å²) >= 11 is 0. The van der Waals surface area contributed by atoms with Crippen molar-refractivity contribution in [3.05, 3.63) is 35.1 Å². The van der Waals surface area contributed by atoms with E-state index in [-0.39, 0.29) is 17.8 Å². The Morgan fingerprint density at radius 1 is 1.23 bits per heavy atom. The van der Waals surface area contributed by atoms with Gasteiger partial charge in [-0.3, -0.25) is 19.4 Å². The molecule has 1 aromatic rings. The first-order valence-electron chi connectivity index (χ1n) is 8.93. The monoisotopic (exact) mass is 364 g/mol. The summed E-state index contributed by atoms with van der Waals surface area (Å²) < 4.78 is 13.5. The first-order chi connectivity index (χ1) is 12.3. The zero-order valence-electron chi connectivity index (χ0n) is 14.9. The second kappa shape index (κ2) is 7.32. The van der Waals surface area contributed by atoms with Crippen LogP contribution in [0.25, 0.3) is 0 Å². The summed E-state index contributed by atoms with van der Waals surface area (Å²) in [6.07, 6.45) is 1.38. The molecule has 7 heteroatoms. The molecule has 1 aromatic carbocycles. The van der Waals surface area contributed by atoms with E-state index in [0.29, 0.717) is 51.1 Å². The first-order valence-corrected chi connectivity index (χ1v) is 8.93. The maximum atomic E-state index is 13.5. The highest BCUT2D eigenvalue weighted by Crippen LogP contribution is 2.45. The molecule has 2 aliphatic rings. The number of aryl methyl sites for hydroxylation is 1. The molecule has 1 unspecified atom stereocenters. The molecule has 0 bridgehead atoms. The Morgan fingerprint density at radius 3 is 2.50 bits per heavy atom. The third-order valence-corrected chi connectivity index (χ3v) is 5.86. The average Bonchev–Trinajstić information content (AvgIpc) is 2.91. The van der Waals surface area contributed by atoms with Gasteiger partial charge in [-0.15, -0.1) is 0 Å². The van der Waals surface area contributed by atoms with Crippen LogP contribution < -0.4 is 0 Å². The summed E-state index contributed by atoms with van der Waals surface area (Å²) in [4.78, 5) is 26.7. The topological polar surface area (TPSA) is 81.1 Å². The van der Waals surface area contributed by atoms with E-state index < -0.39 is 17.9 Å². The lowest BCUT2D eigenvalue weighted by atomic mass is 9.71. The summed E-state index contributed by atoms with van der Waals surface area (Å²) in [5.74, 6) is -2.32. The molecule has 2 heterocycles. The van der Waals surface area contributed by atoms with Crippen molar-refractivity contribution in [1.82, 2.24) is 9.80 Å². The van der Waals surface area contributed by atoms with Gasteiger partial charge in [0.15, 0.2) is 0 Å². The Labute approximate surface area is 152 Å². The molecule has 0 aromatic heterocycles. The largest absolute Gasteiger partial charge is 0.481 e. The number of hydrogen-bond donors (Lipinski definition) is 2. The second-order valence-corrected chi connectivity index (χ2v) is 7.68. The van der Waals surface area contributed by atoms with Gasteiger partial charge in [-0.1, -0.05) is 12.1 Å². The van der Waals surface area contributed by atoms with Crippen LogP contribution in [0.1, 0.15) is 24.0 Å². The Hall–Kier alpha value is -1.99. The van der Waals surface area contributed by atoms with Crippen LogP contribution in [0.15, 0.2) is 18.2 Å². The Morgan fingerprint density at radius 2 is 1.92 bits per heavy atom. The third kappa shape index (κ3) is 3.88. The van der Waals surface area contributed by atoms with E-state index in [1.54, 1.807) is 13.0 Å². The summed E-state index contributed by atoms with van der Waals surface area (Å²) in [5.41, 5.74) is 1.26. The van der Waals surface area contributed by atoms with Gasteiger partial charge >= 0.3 is 11.9 Å². The summed E-state index contributed by atoms with van der Waals surface area (Å²) in [5, 5.41) is 18.7. The lowest BCUT2D eigenvalue weighted by Crippen LogP contribution is -2.47. The zero-order chi connectivity index (χ0) is 18.9. The number of piperidine rings is 1. The number of likely N-dealkylation sites (tertiary alicyclic amines) is 2. The van der Waals surface area contributed by atoms with Crippen LogP contribution in [0.4, 0.5) is 4.39 Å². The minimum absolute atomic E-state index is 0.00634. The summed E-state index contributed by atoms with van der Waals surface area (Å²) in [6.45, 7) is 4.71. The van der Waals surface area contributed by atoms with Crippen LogP contribution >= 0.6 is 0 Å². The average molecular weight is 364 g/mol. The number of carboxylic acid groups (broad SMARTS) is 2. The summed E-state index contributed by atoms with van der Waals surface area (Å²) in [7, 11) is 0. The number of nitrogens with zero attached hydrogens (tertiary/aromatic N) is 2. The third-order valence-electron chi connectivity index (χ3n) is 5.86. The summed E-state index contributed by atoms with van der Waals surface area (Å²) in [6, 6.07) is 5.01. The molecule has 2 aliphatic heterocycles. The molecule has 26 heavy (non-hydrogen) atoms. The zero-order valence-corrected chi connectivity index (χ0v) is 14.9. The molecule has 0 radical (unpaired) electrons. The Bertz CT molecular complexity index is 701. The first kappa shape index (κ1) is 18.8. The van der Waals surface area contributed by atoms with Gasteiger partial charge in [-0.05, 0) is 50.0 Å². The molecule has 142 valence electrons. The quantitative estimate of drug-likeness (QED) is 0.830. The van der Waals surface area contributed by atoms with E-state index in [2.05, 4.69) is 4.90 Å². The van der Waals surface area contributed by atoms with Gasteiger partial charge in [-0.2, -0.15) is 0 Å². The minimum atomic E-state index is -0.851. The SMILES string of the molecule is Cc1cc(CN2CC(C(=O)O)C3(CCN(CC(=O)O)CC3)C2)ccc1F. The van der Waals surface area contributed by atoms with Gasteiger partial charge in [0.25, 0.3) is 0 Å². The molecular formula is C19H25FN2O4. The van der Waals surface area contributed by atoms with Gasteiger partial charge in [0.05, 0.1) is 12.5 Å². The van der Waals surface area contributed by atoms with Crippen molar-refractivity contribution in [3.63, 3.8) is 0 Å². The normalized spacial score (nSPS) is 23.4. The van der Waals surface area contributed by atoms with E-state index in [0.717, 1.165) is 5.56 Å². The smallest absolute Gasteiger partial charge is 0.317 e.